The van der Waals surface area contributed by atoms with Gasteiger partial charge in [0.05, 0.1) is 12.4 Å². The van der Waals surface area contributed by atoms with Crippen LogP contribution in [-0.2, 0) is 14.8 Å². The lowest BCUT2D eigenvalue weighted by Crippen LogP contribution is -2.36. The zero-order valence-corrected chi connectivity index (χ0v) is 12.2. The number of hydrogen-bond acceptors (Lipinski definition) is 4. The Kier molecular flexibility index (Phi) is 7.94. The van der Waals surface area contributed by atoms with Gasteiger partial charge in [0.2, 0.25) is 10.0 Å². The molecule has 0 fully saturated rings. The van der Waals surface area contributed by atoms with Crippen molar-refractivity contribution in [1.82, 2.24) is 4.31 Å². The first kappa shape index (κ1) is 16.8. The highest BCUT2D eigenvalue weighted by Gasteiger charge is 2.18. The summed E-state index contributed by atoms with van der Waals surface area (Å²) in [5.74, 6) is 0.406. The molecule has 0 saturated heterocycles. The maximum absolute atomic E-state index is 11.8. The Morgan fingerprint density at radius 1 is 1.35 bits per heavy atom. The lowest BCUT2D eigenvalue weighted by molar-refractivity contribution is 0.162. The molecule has 0 radical (unpaired) electrons. The van der Waals surface area contributed by atoms with Crippen LogP contribution in [0.4, 0.5) is 0 Å². The zero-order valence-electron chi connectivity index (χ0n) is 11.3. The molecule has 1 unspecified atom stereocenters. The molecule has 0 spiro atoms. The molecular formula is C11H26N2O3S. The van der Waals surface area contributed by atoms with Crippen molar-refractivity contribution in [3.05, 3.63) is 0 Å². The zero-order chi connectivity index (χ0) is 13.5. The van der Waals surface area contributed by atoms with Crippen LogP contribution in [0.2, 0.25) is 0 Å². The summed E-state index contributed by atoms with van der Waals surface area (Å²) in [7, 11) is -1.61. The van der Waals surface area contributed by atoms with Crippen LogP contribution in [0.25, 0.3) is 0 Å². The number of nitrogens with zero attached hydrogens (tertiary/aromatic N) is 1. The molecule has 6 heteroatoms. The summed E-state index contributed by atoms with van der Waals surface area (Å²) in [6, 6.07) is 0.0412. The average molecular weight is 266 g/mol. The van der Waals surface area contributed by atoms with Gasteiger partial charge in [-0.15, -0.1) is 0 Å². The minimum atomic E-state index is -3.20. The Bertz CT molecular complexity index is 291. The van der Waals surface area contributed by atoms with E-state index in [-0.39, 0.29) is 18.4 Å². The highest BCUT2D eigenvalue weighted by atomic mass is 32.2. The molecule has 0 aromatic heterocycles. The second kappa shape index (κ2) is 8.02. The second-order valence-electron chi connectivity index (χ2n) is 4.53. The number of ether oxygens (including phenoxy) is 1. The molecule has 0 aliphatic heterocycles. The van der Waals surface area contributed by atoms with Crippen molar-refractivity contribution < 1.29 is 13.2 Å². The molecule has 17 heavy (non-hydrogen) atoms. The van der Waals surface area contributed by atoms with Crippen LogP contribution in [0.15, 0.2) is 0 Å². The van der Waals surface area contributed by atoms with E-state index in [9.17, 15) is 8.42 Å². The highest BCUT2D eigenvalue weighted by molar-refractivity contribution is 7.89. The van der Waals surface area contributed by atoms with Gasteiger partial charge in [-0.3, -0.25) is 0 Å². The van der Waals surface area contributed by atoms with Gasteiger partial charge in [-0.1, -0.05) is 13.8 Å². The van der Waals surface area contributed by atoms with Crippen molar-refractivity contribution in [3.8, 4) is 0 Å². The summed E-state index contributed by atoms with van der Waals surface area (Å²) in [5, 5.41) is 0. The fourth-order valence-corrected chi connectivity index (χ4v) is 2.29. The van der Waals surface area contributed by atoms with Crippen molar-refractivity contribution >= 4 is 10.0 Å². The third-order valence-electron chi connectivity index (χ3n) is 2.80. The van der Waals surface area contributed by atoms with Gasteiger partial charge in [0.25, 0.3) is 0 Å². The minimum absolute atomic E-state index is 0.0360. The van der Waals surface area contributed by atoms with Crippen molar-refractivity contribution in [2.24, 2.45) is 11.7 Å². The topological polar surface area (TPSA) is 72.6 Å². The van der Waals surface area contributed by atoms with Gasteiger partial charge in [-0.05, 0) is 19.3 Å². The molecule has 1 atom stereocenters. The predicted octanol–water partition coefficient (Wildman–Crippen LogP) is 0.658. The van der Waals surface area contributed by atoms with E-state index in [2.05, 4.69) is 0 Å². The van der Waals surface area contributed by atoms with Crippen molar-refractivity contribution in [2.45, 2.75) is 33.2 Å². The van der Waals surface area contributed by atoms with E-state index in [0.717, 1.165) is 0 Å². The van der Waals surface area contributed by atoms with Crippen LogP contribution < -0.4 is 5.73 Å². The molecule has 0 bridgehead atoms. The molecule has 0 saturated carbocycles. The lowest BCUT2D eigenvalue weighted by atomic mass is 10.0. The first-order chi connectivity index (χ1) is 7.81. The summed E-state index contributed by atoms with van der Waals surface area (Å²) in [4.78, 5) is 0. The summed E-state index contributed by atoms with van der Waals surface area (Å²) < 4.78 is 30.0. The van der Waals surface area contributed by atoms with E-state index >= 15 is 0 Å². The molecule has 0 aliphatic rings. The summed E-state index contributed by atoms with van der Waals surface area (Å²) in [6.07, 6.45) is 0.683. The van der Waals surface area contributed by atoms with E-state index in [4.69, 9.17) is 10.5 Å². The number of nitrogens with two attached hydrogens (primary N) is 1. The van der Waals surface area contributed by atoms with E-state index in [1.165, 1.54) is 4.31 Å². The molecule has 0 amide bonds. The number of rotatable bonds is 9. The van der Waals surface area contributed by atoms with Crippen molar-refractivity contribution in [1.29, 1.82) is 0 Å². The van der Waals surface area contributed by atoms with Crippen LogP contribution in [0.5, 0.6) is 0 Å². The maximum atomic E-state index is 11.8. The standard InChI is InChI=1S/C11H26N2O3S/c1-5-16-8-9-17(14,15)13(4)7-6-11(12)10(2)3/h10-11H,5-9,12H2,1-4H3. The van der Waals surface area contributed by atoms with Crippen LogP contribution in [0, 0.1) is 5.92 Å². The lowest BCUT2D eigenvalue weighted by Gasteiger charge is -2.21. The molecule has 0 heterocycles. The molecule has 2 N–H and O–H groups in total. The van der Waals surface area contributed by atoms with Crippen molar-refractivity contribution in [3.63, 3.8) is 0 Å². The minimum Gasteiger partial charge on any atom is -0.381 e. The largest absolute Gasteiger partial charge is 0.381 e. The molecule has 104 valence electrons. The van der Waals surface area contributed by atoms with E-state index in [1.54, 1.807) is 7.05 Å². The van der Waals surface area contributed by atoms with Crippen LogP contribution in [0.3, 0.4) is 0 Å². The van der Waals surface area contributed by atoms with Crippen LogP contribution >= 0.6 is 0 Å². The molecule has 0 aromatic rings. The SMILES string of the molecule is CCOCCS(=O)(=O)N(C)CCC(N)C(C)C. The van der Waals surface area contributed by atoms with Crippen molar-refractivity contribution in [2.75, 3.05) is 32.6 Å². The third kappa shape index (κ3) is 6.98. The Labute approximate surface area is 105 Å². The van der Waals surface area contributed by atoms with Gasteiger partial charge < -0.3 is 10.5 Å². The maximum Gasteiger partial charge on any atom is 0.216 e. The molecule has 0 rings (SSSR count). The van der Waals surface area contributed by atoms with Gasteiger partial charge in [-0.25, -0.2) is 12.7 Å². The third-order valence-corrected chi connectivity index (χ3v) is 4.61. The van der Waals surface area contributed by atoms with Gasteiger partial charge in [0, 0.05) is 26.2 Å². The Balaban J connectivity index is 4.07. The average Bonchev–Trinajstić information content (AvgIpc) is 2.25. The predicted molar refractivity (Wildman–Crippen MR) is 70.3 cm³/mol. The van der Waals surface area contributed by atoms with Gasteiger partial charge >= 0.3 is 0 Å². The molecular weight excluding hydrogens is 240 g/mol. The second-order valence-corrected chi connectivity index (χ2v) is 6.73. The fourth-order valence-electron chi connectivity index (χ4n) is 1.27. The smallest absolute Gasteiger partial charge is 0.216 e. The number of hydrogen-bond donors (Lipinski definition) is 1. The van der Waals surface area contributed by atoms with Crippen LogP contribution in [-0.4, -0.2) is 51.3 Å². The first-order valence-electron chi connectivity index (χ1n) is 6.08. The molecule has 0 aliphatic carbocycles. The monoisotopic (exact) mass is 266 g/mol. The van der Waals surface area contributed by atoms with Gasteiger partial charge in [0.1, 0.15) is 0 Å². The summed E-state index contributed by atoms with van der Waals surface area (Å²) >= 11 is 0. The van der Waals surface area contributed by atoms with E-state index < -0.39 is 10.0 Å². The first-order valence-corrected chi connectivity index (χ1v) is 7.69. The molecule has 5 nitrogen and oxygen atoms in total. The highest BCUT2D eigenvalue weighted by Crippen LogP contribution is 2.06. The normalized spacial score (nSPS) is 14.5. The summed E-state index contributed by atoms with van der Waals surface area (Å²) in [6.45, 7) is 7.17. The quantitative estimate of drug-likeness (QED) is 0.622. The Morgan fingerprint density at radius 2 is 1.94 bits per heavy atom. The summed E-state index contributed by atoms with van der Waals surface area (Å²) in [5.41, 5.74) is 5.88. The molecule has 0 aromatic carbocycles. The van der Waals surface area contributed by atoms with E-state index in [1.807, 2.05) is 20.8 Å². The Hall–Kier alpha value is -0.170. The van der Waals surface area contributed by atoms with Crippen LogP contribution in [0.1, 0.15) is 27.2 Å². The van der Waals surface area contributed by atoms with Gasteiger partial charge in [0.15, 0.2) is 0 Å². The number of sulfonamides is 1. The van der Waals surface area contributed by atoms with E-state index in [0.29, 0.717) is 25.5 Å². The Morgan fingerprint density at radius 3 is 2.41 bits per heavy atom. The van der Waals surface area contributed by atoms with Gasteiger partial charge in [-0.2, -0.15) is 0 Å². The fraction of sp³-hybridized carbons (Fsp3) is 1.00.